The molecule has 2 aliphatic rings. The molecule has 0 spiro atoms. The van der Waals surface area contributed by atoms with Crippen molar-refractivity contribution in [3.63, 3.8) is 0 Å². The number of aliphatic carboxylic acids is 1. The van der Waals surface area contributed by atoms with Crippen molar-refractivity contribution >= 4 is 33.3 Å². The van der Waals surface area contributed by atoms with Crippen LogP contribution >= 0.6 is 0 Å². The Labute approximate surface area is 223 Å². The molecule has 10 nitrogen and oxygen atoms in total. The number of anilines is 2. The van der Waals surface area contributed by atoms with Gasteiger partial charge in [0.25, 0.3) is 10.2 Å². The van der Waals surface area contributed by atoms with Gasteiger partial charge in [-0.15, -0.1) is 0 Å². The van der Waals surface area contributed by atoms with E-state index in [1.54, 1.807) is 21.0 Å². The molecule has 1 saturated heterocycles. The van der Waals surface area contributed by atoms with Gasteiger partial charge < -0.3 is 15.3 Å². The van der Waals surface area contributed by atoms with Gasteiger partial charge in [0.05, 0.1) is 12.8 Å². The van der Waals surface area contributed by atoms with E-state index < -0.39 is 22.2 Å². The van der Waals surface area contributed by atoms with Crippen LogP contribution in [0.4, 0.5) is 11.4 Å². The second-order valence-electron chi connectivity index (χ2n) is 9.43. The van der Waals surface area contributed by atoms with Crippen LogP contribution in [0.15, 0.2) is 48.5 Å². The summed E-state index contributed by atoms with van der Waals surface area (Å²) < 4.78 is 29.1. The quantitative estimate of drug-likeness (QED) is 0.297. The van der Waals surface area contributed by atoms with E-state index in [0.717, 1.165) is 40.3 Å². The number of nitrogens with one attached hydrogen (secondary N) is 3. The van der Waals surface area contributed by atoms with Crippen LogP contribution in [0.5, 0.6) is 0 Å². The maximum atomic E-state index is 12.7. The van der Waals surface area contributed by atoms with Gasteiger partial charge in [0.1, 0.15) is 6.04 Å². The molecule has 0 aliphatic carbocycles. The topological polar surface area (TPSA) is 123 Å². The average Bonchev–Trinajstić information content (AvgIpc) is 2.91. The summed E-state index contributed by atoms with van der Waals surface area (Å²) in [4.78, 5) is 18.6. The fourth-order valence-corrected chi connectivity index (χ4v) is 5.86. The van der Waals surface area contributed by atoms with E-state index in [1.165, 1.54) is 4.31 Å². The Balaban J connectivity index is 1.37. The van der Waals surface area contributed by atoms with E-state index in [0.29, 0.717) is 13.1 Å². The van der Waals surface area contributed by atoms with Crippen LogP contribution in [0.1, 0.15) is 30.5 Å². The Morgan fingerprint density at radius 3 is 2.34 bits per heavy atom. The molecule has 0 saturated carbocycles. The van der Waals surface area contributed by atoms with Gasteiger partial charge in [-0.1, -0.05) is 25.7 Å². The van der Waals surface area contributed by atoms with Gasteiger partial charge in [0.2, 0.25) is 0 Å². The van der Waals surface area contributed by atoms with Crippen LogP contribution in [0, 0.1) is 17.8 Å². The molecule has 2 aliphatic heterocycles. The van der Waals surface area contributed by atoms with Crippen molar-refractivity contribution in [2.75, 3.05) is 50.1 Å². The van der Waals surface area contributed by atoms with Gasteiger partial charge in [-0.2, -0.15) is 17.4 Å². The van der Waals surface area contributed by atoms with Crippen molar-refractivity contribution in [1.29, 1.82) is 0 Å². The third-order valence-electron chi connectivity index (χ3n) is 6.49. The SMILES string of the molecule is CONC1=CCNc2ccc(C#Cc3ccc(N4CCN(S(=O)(=O)N[C@@H](C(=O)O)C(C)C)CC4)cc3)cc21. The molecule has 0 unspecified atom stereocenters. The summed E-state index contributed by atoms with van der Waals surface area (Å²) in [5.74, 6) is 4.88. The Morgan fingerprint density at radius 2 is 1.71 bits per heavy atom. The summed E-state index contributed by atoms with van der Waals surface area (Å²) in [6, 6.07) is 12.7. The van der Waals surface area contributed by atoms with E-state index in [1.807, 2.05) is 48.5 Å². The number of carbonyl (C=O) groups is 1. The van der Waals surface area contributed by atoms with Crippen molar-refractivity contribution < 1.29 is 23.2 Å². The highest BCUT2D eigenvalue weighted by Gasteiger charge is 2.32. The molecule has 202 valence electrons. The van der Waals surface area contributed by atoms with Crippen LogP contribution in [0.25, 0.3) is 5.70 Å². The first-order chi connectivity index (χ1) is 18.2. The number of hydrogen-bond acceptors (Lipinski definition) is 7. The van der Waals surface area contributed by atoms with Crippen LogP contribution in [0.3, 0.4) is 0 Å². The molecule has 2 aromatic carbocycles. The summed E-state index contributed by atoms with van der Waals surface area (Å²) in [7, 11) is -2.31. The first kappa shape index (κ1) is 27.5. The third kappa shape index (κ3) is 6.46. The van der Waals surface area contributed by atoms with Crippen LogP contribution in [-0.4, -0.2) is 69.7 Å². The minimum atomic E-state index is -3.89. The number of carboxylic acids is 1. The van der Waals surface area contributed by atoms with Crippen molar-refractivity contribution in [1.82, 2.24) is 14.5 Å². The van der Waals surface area contributed by atoms with Gasteiger partial charge in [-0.25, -0.2) is 0 Å². The Hall–Kier alpha value is -3.56. The number of nitrogens with zero attached hydrogens (tertiary/aromatic N) is 2. The molecule has 38 heavy (non-hydrogen) atoms. The standard InChI is InChI=1S/C27H33N5O5S/c1-19(2)26(27(33)34)30-38(35,36)32-16-14-31(15-17-32)22-9-6-20(7-10-22)4-5-21-8-11-24-23(18-21)25(29-37-3)12-13-28-24/h6-12,18-19,26,28-30H,13-17H2,1-3H3,(H,33,34)/t26-/m1/s1. The lowest BCUT2D eigenvalue weighted by Gasteiger charge is -2.36. The molecule has 0 radical (unpaired) electrons. The minimum Gasteiger partial charge on any atom is -0.480 e. The van der Waals surface area contributed by atoms with E-state index >= 15 is 0 Å². The number of fused-ring (bicyclic) bond motifs is 1. The molecular weight excluding hydrogens is 506 g/mol. The molecule has 11 heteroatoms. The van der Waals surface area contributed by atoms with Gasteiger partial charge >= 0.3 is 5.97 Å². The van der Waals surface area contributed by atoms with Crippen molar-refractivity contribution in [3.8, 4) is 11.8 Å². The van der Waals surface area contributed by atoms with Crippen LogP contribution < -0.4 is 20.4 Å². The van der Waals surface area contributed by atoms with Crippen molar-refractivity contribution in [2.45, 2.75) is 19.9 Å². The number of piperazine rings is 1. The average molecular weight is 540 g/mol. The highest BCUT2D eigenvalue weighted by Crippen LogP contribution is 2.27. The lowest BCUT2D eigenvalue weighted by atomic mass is 10.0. The van der Waals surface area contributed by atoms with E-state index in [9.17, 15) is 18.3 Å². The zero-order valence-corrected chi connectivity index (χ0v) is 22.5. The number of carboxylic acid groups (broad SMARTS) is 1. The molecule has 2 heterocycles. The molecule has 4 rings (SSSR count). The summed E-state index contributed by atoms with van der Waals surface area (Å²) in [6.45, 7) is 5.60. The molecule has 1 fully saturated rings. The largest absolute Gasteiger partial charge is 0.480 e. The summed E-state index contributed by atoms with van der Waals surface area (Å²) in [5.41, 5.74) is 8.57. The van der Waals surface area contributed by atoms with Crippen LogP contribution in [0.2, 0.25) is 0 Å². The fourth-order valence-electron chi connectivity index (χ4n) is 4.37. The fraction of sp³-hybridized carbons (Fsp3) is 0.370. The molecular formula is C27H33N5O5S. The summed E-state index contributed by atoms with van der Waals surface area (Å²) >= 11 is 0. The first-order valence-electron chi connectivity index (χ1n) is 12.4. The van der Waals surface area contributed by atoms with Gasteiger partial charge in [0.15, 0.2) is 0 Å². The van der Waals surface area contributed by atoms with Crippen molar-refractivity contribution in [2.24, 2.45) is 5.92 Å². The maximum Gasteiger partial charge on any atom is 0.322 e. The second kappa shape index (κ2) is 11.9. The van der Waals surface area contributed by atoms with Crippen LogP contribution in [-0.2, 0) is 19.8 Å². The predicted molar refractivity (Wildman–Crippen MR) is 148 cm³/mol. The minimum absolute atomic E-state index is 0.267. The highest BCUT2D eigenvalue weighted by atomic mass is 32.2. The molecule has 1 atom stereocenters. The number of rotatable bonds is 8. The lowest BCUT2D eigenvalue weighted by Crippen LogP contribution is -2.55. The van der Waals surface area contributed by atoms with E-state index in [2.05, 4.69) is 32.3 Å². The zero-order chi connectivity index (χ0) is 27.3. The lowest BCUT2D eigenvalue weighted by molar-refractivity contribution is -0.140. The molecule has 2 aromatic rings. The third-order valence-corrected chi connectivity index (χ3v) is 8.09. The number of benzene rings is 2. The molecule has 4 N–H and O–H groups in total. The molecule has 0 amide bonds. The van der Waals surface area contributed by atoms with E-state index in [4.69, 9.17) is 4.84 Å². The zero-order valence-electron chi connectivity index (χ0n) is 21.7. The number of hydrogen-bond donors (Lipinski definition) is 4. The van der Waals surface area contributed by atoms with Crippen molar-refractivity contribution in [3.05, 3.63) is 65.2 Å². The van der Waals surface area contributed by atoms with Gasteiger partial charge in [0, 0.05) is 60.8 Å². The predicted octanol–water partition coefficient (Wildman–Crippen LogP) is 2.07. The summed E-state index contributed by atoms with van der Waals surface area (Å²) in [5, 5.41) is 12.7. The second-order valence-corrected chi connectivity index (χ2v) is 11.1. The highest BCUT2D eigenvalue weighted by molar-refractivity contribution is 7.87. The normalized spacial score (nSPS) is 16.5. The summed E-state index contributed by atoms with van der Waals surface area (Å²) in [6.07, 6.45) is 2.02. The smallest absolute Gasteiger partial charge is 0.322 e. The Kier molecular flexibility index (Phi) is 8.58. The molecule has 0 bridgehead atoms. The number of hydroxylamine groups is 1. The molecule has 0 aromatic heterocycles. The monoisotopic (exact) mass is 539 g/mol. The van der Waals surface area contributed by atoms with Gasteiger partial charge in [-0.3, -0.25) is 15.1 Å². The maximum absolute atomic E-state index is 12.7. The van der Waals surface area contributed by atoms with E-state index in [-0.39, 0.29) is 19.0 Å². The first-order valence-corrected chi connectivity index (χ1v) is 13.9. The Bertz CT molecular complexity index is 1350. The van der Waals surface area contributed by atoms with Gasteiger partial charge in [-0.05, 0) is 54.5 Å². The Morgan fingerprint density at radius 1 is 1.05 bits per heavy atom.